The average Bonchev–Trinajstić information content (AvgIpc) is 2.16. The van der Waals surface area contributed by atoms with Crippen molar-refractivity contribution in [2.45, 2.75) is 0 Å². The summed E-state index contributed by atoms with van der Waals surface area (Å²) in [4.78, 5) is 18.9. The smallest absolute Gasteiger partial charge is 0.362 e. The summed E-state index contributed by atoms with van der Waals surface area (Å²) in [5.74, 6) is -0.375. The fraction of sp³-hybridized carbons (Fsp3) is 0.286. The maximum Gasteiger partial charge on any atom is 0.362 e. The first kappa shape index (κ1) is 10.2. The highest BCUT2D eigenvalue weighted by molar-refractivity contribution is 14.1. The molecule has 1 heterocycles. The summed E-state index contributed by atoms with van der Waals surface area (Å²) in [6.45, 7) is 0. The highest BCUT2D eigenvalue weighted by atomic mass is 127. The van der Waals surface area contributed by atoms with Crippen LogP contribution in [0.1, 0.15) is 10.5 Å². The SMILES string of the molecule is COC(=O)c1ncc(I)nc1OC. The second-order valence-electron chi connectivity index (χ2n) is 2.04. The third kappa shape index (κ3) is 2.27. The van der Waals surface area contributed by atoms with Gasteiger partial charge in [-0.25, -0.2) is 14.8 Å². The molecule has 6 heteroatoms. The summed E-state index contributed by atoms with van der Waals surface area (Å²) in [5, 5.41) is 0. The Labute approximate surface area is 88.6 Å². The lowest BCUT2D eigenvalue weighted by molar-refractivity contribution is 0.0589. The van der Waals surface area contributed by atoms with Crippen LogP contribution in [0.3, 0.4) is 0 Å². The van der Waals surface area contributed by atoms with Crippen molar-refractivity contribution in [3.8, 4) is 5.88 Å². The molecule has 0 N–H and O–H groups in total. The molecule has 0 fully saturated rings. The summed E-state index contributed by atoms with van der Waals surface area (Å²) < 4.78 is 10.0. The van der Waals surface area contributed by atoms with Gasteiger partial charge in [0.1, 0.15) is 3.70 Å². The van der Waals surface area contributed by atoms with Crippen LogP contribution < -0.4 is 4.74 Å². The zero-order valence-corrected chi connectivity index (χ0v) is 9.23. The normalized spacial score (nSPS) is 9.46. The fourth-order valence-corrected chi connectivity index (χ4v) is 1.09. The third-order valence-electron chi connectivity index (χ3n) is 1.28. The molecule has 0 radical (unpaired) electrons. The molecule has 0 saturated carbocycles. The van der Waals surface area contributed by atoms with Gasteiger partial charge < -0.3 is 9.47 Å². The van der Waals surface area contributed by atoms with Gasteiger partial charge in [0.2, 0.25) is 11.6 Å². The Hall–Kier alpha value is -0.920. The highest BCUT2D eigenvalue weighted by Gasteiger charge is 2.15. The van der Waals surface area contributed by atoms with E-state index in [4.69, 9.17) is 4.74 Å². The molecule has 0 saturated heterocycles. The van der Waals surface area contributed by atoms with Gasteiger partial charge in [0.15, 0.2) is 0 Å². The molecule has 0 aliphatic heterocycles. The van der Waals surface area contributed by atoms with Crippen LogP contribution in [0, 0.1) is 3.70 Å². The minimum Gasteiger partial charge on any atom is -0.479 e. The highest BCUT2D eigenvalue weighted by Crippen LogP contribution is 2.14. The van der Waals surface area contributed by atoms with Crippen LogP contribution in [-0.2, 0) is 4.74 Å². The quantitative estimate of drug-likeness (QED) is 0.598. The van der Waals surface area contributed by atoms with E-state index in [2.05, 4.69) is 14.7 Å². The minimum absolute atomic E-state index is 0.0883. The number of ether oxygens (including phenoxy) is 2. The molecule has 70 valence electrons. The van der Waals surface area contributed by atoms with Crippen LogP contribution in [-0.4, -0.2) is 30.2 Å². The van der Waals surface area contributed by atoms with Crippen molar-refractivity contribution in [2.24, 2.45) is 0 Å². The van der Waals surface area contributed by atoms with Gasteiger partial charge in [0.05, 0.1) is 20.4 Å². The third-order valence-corrected chi connectivity index (χ3v) is 1.80. The van der Waals surface area contributed by atoms with Gasteiger partial charge in [-0.1, -0.05) is 0 Å². The molecule has 0 amide bonds. The van der Waals surface area contributed by atoms with Crippen LogP contribution >= 0.6 is 22.6 Å². The van der Waals surface area contributed by atoms with Gasteiger partial charge in [0.25, 0.3) is 0 Å². The Kier molecular flexibility index (Phi) is 3.40. The van der Waals surface area contributed by atoms with Gasteiger partial charge in [-0.3, -0.25) is 0 Å². The van der Waals surface area contributed by atoms with Crippen molar-refractivity contribution in [3.63, 3.8) is 0 Å². The summed E-state index contributed by atoms with van der Waals surface area (Å²) in [6.07, 6.45) is 1.47. The van der Waals surface area contributed by atoms with Crippen molar-refractivity contribution in [2.75, 3.05) is 14.2 Å². The number of rotatable bonds is 2. The average molecular weight is 294 g/mol. The van der Waals surface area contributed by atoms with Crippen molar-refractivity contribution in [3.05, 3.63) is 15.6 Å². The summed E-state index contributed by atoms with van der Waals surface area (Å²) in [5.41, 5.74) is 0.0883. The zero-order chi connectivity index (χ0) is 9.84. The lowest BCUT2D eigenvalue weighted by Gasteiger charge is -2.03. The van der Waals surface area contributed by atoms with Crippen molar-refractivity contribution in [1.29, 1.82) is 0 Å². The number of carbonyl (C=O) groups excluding carboxylic acids is 1. The van der Waals surface area contributed by atoms with E-state index in [1.807, 2.05) is 22.6 Å². The lowest BCUT2D eigenvalue weighted by atomic mass is 10.4. The molecular formula is C7H7IN2O3. The molecule has 0 atom stereocenters. The van der Waals surface area contributed by atoms with E-state index in [0.29, 0.717) is 3.70 Å². The molecule has 1 aromatic heterocycles. The molecule has 1 aromatic rings. The second kappa shape index (κ2) is 4.35. The summed E-state index contributed by atoms with van der Waals surface area (Å²) >= 11 is 1.98. The van der Waals surface area contributed by atoms with Gasteiger partial charge in [0, 0.05) is 0 Å². The molecule has 13 heavy (non-hydrogen) atoms. The fourth-order valence-electron chi connectivity index (χ4n) is 0.731. The Morgan fingerprint density at radius 2 is 2.23 bits per heavy atom. The molecular weight excluding hydrogens is 287 g/mol. The van der Waals surface area contributed by atoms with Crippen LogP contribution in [0.5, 0.6) is 5.88 Å². The monoisotopic (exact) mass is 294 g/mol. The van der Waals surface area contributed by atoms with E-state index in [1.165, 1.54) is 20.4 Å². The first-order chi connectivity index (χ1) is 6.19. The van der Waals surface area contributed by atoms with Crippen LogP contribution in [0.15, 0.2) is 6.20 Å². The van der Waals surface area contributed by atoms with Gasteiger partial charge in [-0.05, 0) is 22.6 Å². The van der Waals surface area contributed by atoms with E-state index >= 15 is 0 Å². The maximum absolute atomic E-state index is 11.1. The molecule has 5 nitrogen and oxygen atoms in total. The number of aromatic nitrogens is 2. The number of methoxy groups -OCH3 is 2. The van der Waals surface area contributed by atoms with E-state index in [0.717, 1.165) is 0 Å². The largest absolute Gasteiger partial charge is 0.479 e. The van der Waals surface area contributed by atoms with E-state index in [-0.39, 0.29) is 11.6 Å². The molecule has 0 spiro atoms. The summed E-state index contributed by atoms with van der Waals surface area (Å²) in [7, 11) is 2.70. The predicted molar refractivity (Wildman–Crippen MR) is 52.6 cm³/mol. The predicted octanol–water partition coefficient (Wildman–Crippen LogP) is 0.876. The van der Waals surface area contributed by atoms with Gasteiger partial charge in [-0.15, -0.1) is 0 Å². The Bertz CT molecular complexity index is 330. The number of hydrogen-bond acceptors (Lipinski definition) is 5. The zero-order valence-electron chi connectivity index (χ0n) is 7.07. The number of nitrogens with zero attached hydrogens (tertiary/aromatic N) is 2. The van der Waals surface area contributed by atoms with Gasteiger partial charge in [-0.2, -0.15) is 0 Å². The molecule has 0 aliphatic rings. The topological polar surface area (TPSA) is 61.3 Å². The number of halogens is 1. The van der Waals surface area contributed by atoms with Crippen molar-refractivity contribution >= 4 is 28.6 Å². The van der Waals surface area contributed by atoms with E-state index in [9.17, 15) is 4.79 Å². The summed E-state index contributed by atoms with van der Waals surface area (Å²) in [6, 6.07) is 0. The Morgan fingerprint density at radius 1 is 1.54 bits per heavy atom. The molecule has 0 unspecified atom stereocenters. The maximum atomic E-state index is 11.1. The van der Waals surface area contributed by atoms with E-state index in [1.54, 1.807) is 0 Å². The van der Waals surface area contributed by atoms with Crippen molar-refractivity contribution in [1.82, 2.24) is 9.97 Å². The van der Waals surface area contributed by atoms with Crippen LogP contribution in [0.25, 0.3) is 0 Å². The van der Waals surface area contributed by atoms with Gasteiger partial charge >= 0.3 is 5.97 Å². The second-order valence-corrected chi connectivity index (χ2v) is 3.15. The molecule has 0 aliphatic carbocycles. The van der Waals surface area contributed by atoms with Crippen molar-refractivity contribution < 1.29 is 14.3 Å². The first-order valence-electron chi connectivity index (χ1n) is 3.34. The standard InChI is InChI=1S/C7H7IN2O3/c1-12-6-5(7(11)13-2)9-3-4(8)10-6/h3H,1-2H3. The van der Waals surface area contributed by atoms with Crippen LogP contribution in [0.4, 0.5) is 0 Å². The Balaban J connectivity index is 3.13. The number of hydrogen-bond donors (Lipinski definition) is 0. The molecule has 1 rings (SSSR count). The number of carbonyl (C=O) groups is 1. The first-order valence-corrected chi connectivity index (χ1v) is 4.41. The lowest BCUT2D eigenvalue weighted by Crippen LogP contribution is -2.08. The molecule has 0 aromatic carbocycles. The van der Waals surface area contributed by atoms with Crippen LogP contribution in [0.2, 0.25) is 0 Å². The molecule has 0 bridgehead atoms. The number of esters is 1. The minimum atomic E-state index is -0.555. The van der Waals surface area contributed by atoms with E-state index < -0.39 is 5.97 Å². The Morgan fingerprint density at radius 3 is 2.77 bits per heavy atom.